The molecule has 9 nitrogen and oxygen atoms in total. The largest absolute Gasteiger partial charge is 0.403 e. The van der Waals surface area contributed by atoms with Crippen LogP contribution in [0.25, 0.3) is 16.7 Å². The molecule has 1 saturated heterocycles. The van der Waals surface area contributed by atoms with Crippen LogP contribution in [0.3, 0.4) is 0 Å². The number of nitriles is 1. The fourth-order valence-electron chi connectivity index (χ4n) is 3.74. The van der Waals surface area contributed by atoms with Gasteiger partial charge in [0.15, 0.2) is 0 Å². The van der Waals surface area contributed by atoms with E-state index in [0.717, 1.165) is 33.9 Å². The van der Waals surface area contributed by atoms with Gasteiger partial charge >= 0.3 is 0 Å². The van der Waals surface area contributed by atoms with Gasteiger partial charge in [0.2, 0.25) is 5.91 Å². The van der Waals surface area contributed by atoms with Crippen LogP contribution in [0.1, 0.15) is 24.6 Å². The van der Waals surface area contributed by atoms with Crippen molar-refractivity contribution in [1.29, 1.82) is 5.26 Å². The maximum atomic E-state index is 11.7. The van der Waals surface area contributed by atoms with Gasteiger partial charge in [-0.25, -0.2) is 4.98 Å². The van der Waals surface area contributed by atoms with Crippen LogP contribution < -0.4 is 5.73 Å². The number of hydrogen-bond donors (Lipinski definition) is 2. The topological polar surface area (TPSA) is 134 Å². The van der Waals surface area contributed by atoms with Crippen LogP contribution in [0.5, 0.6) is 0 Å². The summed E-state index contributed by atoms with van der Waals surface area (Å²) in [6.45, 7) is 0.747. The van der Waals surface area contributed by atoms with E-state index in [1.165, 1.54) is 18.0 Å². The molecule has 33 heavy (non-hydrogen) atoms. The molecule has 0 spiro atoms. The van der Waals surface area contributed by atoms with Crippen molar-refractivity contribution in [2.24, 2.45) is 5.73 Å². The van der Waals surface area contributed by atoms with Gasteiger partial charge in [-0.1, -0.05) is 17.8 Å². The molecule has 0 bridgehead atoms. The number of likely N-dealkylation sites (tertiary alicyclic amines) is 1. The highest BCUT2D eigenvalue weighted by molar-refractivity contribution is 7.99. The predicted octanol–water partition coefficient (Wildman–Crippen LogP) is 2.47. The standard InChI is InChI=1S/C23H23N7O2S/c24-10-17(11-25)23-20(33-21-3-1-2-6-26-21)9-16(12-27-23)18-13-28-30(14-18)19-4-7-29(8-5-19)22(32)15-31/h1-3,6,9-10,12-14,19,31H,4-5,7-8,15,24H2. The van der Waals surface area contributed by atoms with Crippen molar-refractivity contribution >= 4 is 23.2 Å². The van der Waals surface area contributed by atoms with Gasteiger partial charge in [0.1, 0.15) is 17.7 Å². The number of allylic oxidation sites excluding steroid dienone is 1. The number of nitrogens with zero attached hydrogens (tertiary/aromatic N) is 6. The summed E-state index contributed by atoms with van der Waals surface area (Å²) in [7, 11) is 0. The second-order valence-corrected chi connectivity index (χ2v) is 8.57. The first-order valence-electron chi connectivity index (χ1n) is 10.5. The predicted molar refractivity (Wildman–Crippen MR) is 124 cm³/mol. The lowest BCUT2D eigenvalue weighted by molar-refractivity contribution is -0.135. The number of nitrogens with two attached hydrogens (primary N) is 1. The first-order chi connectivity index (χ1) is 16.1. The Morgan fingerprint density at radius 1 is 1.27 bits per heavy atom. The summed E-state index contributed by atoms with van der Waals surface area (Å²) < 4.78 is 1.93. The monoisotopic (exact) mass is 461 g/mol. The third-order valence-corrected chi connectivity index (χ3v) is 6.49. The minimum absolute atomic E-state index is 0.182. The van der Waals surface area contributed by atoms with Crippen LogP contribution in [0.4, 0.5) is 0 Å². The maximum absolute atomic E-state index is 11.7. The summed E-state index contributed by atoms with van der Waals surface area (Å²) in [6, 6.07) is 9.89. The molecule has 0 radical (unpaired) electrons. The zero-order valence-corrected chi connectivity index (χ0v) is 18.6. The van der Waals surface area contributed by atoms with Gasteiger partial charge in [0.05, 0.1) is 23.5 Å². The first-order valence-corrected chi connectivity index (χ1v) is 11.3. The number of piperidine rings is 1. The van der Waals surface area contributed by atoms with Gasteiger partial charge in [-0.2, -0.15) is 10.4 Å². The van der Waals surface area contributed by atoms with E-state index in [0.29, 0.717) is 24.4 Å². The molecule has 4 heterocycles. The Hall–Kier alpha value is -3.68. The lowest BCUT2D eigenvalue weighted by Crippen LogP contribution is -2.40. The summed E-state index contributed by atoms with van der Waals surface area (Å²) in [4.78, 5) is 23.0. The molecule has 3 N–H and O–H groups in total. The molecule has 0 aliphatic carbocycles. The van der Waals surface area contributed by atoms with Gasteiger partial charge in [-0.15, -0.1) is 0 Å². The Bertz CT molecular complexity index is 1200. The molecule has 3 aromatic heterocycles. The van der Waals surface area contributed by atoms with Crippen LogP contribution in [0.2, 0.25) is 0 Å². The number of amides is 1. The minimum atomic E-state index is -0.453. The molecule has 0 aromatic carbocycles. The van der Waals surface area contributed by atoms with Crippen molar-refractivity contribution in [3.63, 3.8) is 0 Å². The van der Waals surface area contributed by atoms with Gasteiger partial charge in [0, 0.05) is 53.9 Å². The molecular formula is C23H23N7O2S. The maximum Gasteiger partial charge on any atom is 0.248 e. The molecule has 168 valence electrons. The number of aromatic nitrogens is 4. The first kappa shape index (κ1) is 22.5. The minimum Gasteiger partial charge on any atom is -0.403 e. The Balaban J connectivity index is 1.58. The second kappa shape index (κ2) is 10.3. The van der Waals surface area contributed by atoms with Crippen molar-refractivity contribution < 1.29 is 9.90 Å². The Labute approximate surface area is 195 Å². The quantitative estimate of drug-likeness (QED) is 0.535. The average molecular weight is 462 g/mol. The van der Waals surface area contributed by atoms with Crippen LogP contribution in [-0.4, -0.2) is 55.4 Å². The lowest BCUT2D eigenvalue weighted by atomic mass is 10.1. The van der Waals surface area contributed by atoms with Crippen molar-refractivity contribution in [3.8, 4) is 17.2 Å². The normalized spacial score (nSPS) is 14.8. The van der Waals surface area contributed by atoms with Gasteiger partial charge < -0.3 is 15.7 Å². The lowest BCUT2D eigenvalue weighted by Gasteiger charge is -2.31. The van der Waals surface area contributed by atoms with E-state index in [-0.39, 0.29) is 11.9 Å². The number of aliphatic hydroxyl groups excluding tert-OH is 1. The van der Waals surface area contributed by atoms with Gasteiger partial charge in [0.25, 0.3) is 0 Å². The summed E-state index contributed by atoms with van der Waals surface area (Å²) in [5.74, 6) is -0.234. The van der Waals surface area contributed by atoms with Crippen molar-refractivity contribution in [1.82, 2.24) is 24.6 Å². The van der Waals surface area contributed by atoms with E-state index in [9.17, 15) is 10.1 Å². The number of hydrogen-bond acceptors (Lipinski definition) is 8. The van der Waals surface area contributed by atoms with Gasteiger partial charge in [-0.3, -0.25) is 14.5 Å². The fourth-order valence-corrected chi connectivity index (χ4v) is 4.67. The third kappa shape index (κ3) is 5.05. The molecule has 10 heteroatoms. The molecule has 3 aromatic rings. The zero-order chi connectivity index (χ0) is 23.2. The van der Waals surface area contributed by atoms with E-state index in [1.807, 2.05) is 35.1 Å². The number of rotatable bonds is 6. The molecule has 1 aliphatic heterocycles. The SMILES string of the molecule is N#CC(=CN)c1ncc(-c2cnn(C3CCN(C(=O)CO)CC3)c2)cc1Sc1ccccn1. The Morgan fingerprint density at radius 3 is 2.76 bits per heavy atom. The van der Waals surface area contributed by atoms with E-state index in [1.54, 1.807) is 23.5 Å². The summed E-state index contributed by atoms with van der Waals surface area (Å²) in [5.41, 5.74) is 8.22. The average Bonchev–Trinajstić information content (AvgIpc) is 3.36. The Morgan fingerprint density at radius 2 is 2.09 bits per heavy atom. The van der Waals surface area contributed by atoms with Crippen molar-refractivity contribution in [2.45, 2.75) is 28.8 Å². The smallest absolute Gasteiger partial charge is 0.248 e. The summed E-state index contributed by atoms with van der Waals surface area (Å²) >= 11 is 1.42. The fraction of sp³-hybridized carbons (Fsp3) is 0.261. The molecule has 1 amide bonds. The molecule has 0 saturated carbocycles. The molecule has 4 rings (SSSR count). The van der Waals surface area contributed by atoms with Crippen molar-refractivity contribution in [3.05, 3.63) is 60.9 Å². The third-order valence-electron chi connectivity index (χ3n) is 5.51. The van der Waals surface area contributed by atoms with E-state index < -0.39 is 6.61 Å². The Kier molecular flexibility index (Phi) is 7.02. The molecule has 0 unspecified atom stereocenters. The van der Waals surface area contributed by atoms with E-state index in [4.69, 9.17) is 10.8 Å². The zero-order valence-electron chi connectivity index (χ0n) is 17.8. The highest BCUT2D eigenvalue weighted by Gasteiger charge is 2.24. The number of pyridine rings is 2. The molecule has 1 fully saturated rings. The summed E-state index contributed by atoms with van der Waals surface area (Å²) in [6.07, 6.45) is 10.0. The number of carbonyl (C=O) groups excluding carboxylic acids is 1. The highest BCUT2D eigenvalue weighted by atomic mass is 32.2. The molecular weight excluding hydrogens is 438 g/mol. The van der Waals surface area contributed by atoms with E-state index in [2.05, 4.69) is 21.1 Å². The number of aliphatic hydroxyl groups is 1. The summed E-state index contributed by atoms with van der Waals surface area (Å²) in [5, 5.41) is 23.8. The second-order valence-electron chi connectivity index (χ2n) is 7.51. The van der Waals surface area contributed by atoms with Crippen LogP contribution in [0.15, 0.2) is 65.2 Å². The molecule has 1 aliphatic rings. The van der Waals surface area contributed by atoms with E-state index >= 15 is 0 Å². The highest BCUT2D eigenvalue weighted by Crippen LogP contribution is 2.34. The molecule has 0 atom stereocenters. The van der Waals surface area contributed by atoms with Gasteiger partial charge in [-0.05, 0) is 31.0 Å². The number of carbonyl (C=O) groups is 1. The van der Waals surface area contributed by atoms with Crippen LogP contribution in [-0.2, 0) is 4.79 Å². The van der Waals surface area contributed by atoms with Crippen LogP contribution in [0, 0.1) is 11.3 Å². The van der Waals surface area contributed by atoms with Crippen molar-refractivity contribution in [2.75, 3.05) is 19.7 Å². The van der Waals surface area contributed by atoms with Crippen LogP contribution >= 0.6 is 11.8 Å².